The number of methoxy groups -OCH3 is 2. The van der Waals surface area contributed by atoms with Gasteiger partial charge in [0.2, 0.25) is 0 Å². The van der Waals surface area contributed by atoms with Gasteiger partial charge in [-0.3, -0.25) is 4.79 Å². The van der Waals surface area contributed by atoms with Crippen LogP contribution >= 0.6 is 11.3 Å². The minimum atomic E-state index is -0.225. The monoisotopic (exact) mass is 537 g/mol. The lowest BCUT2D eigenvalue weighted by molar-refractivity contribution is 0.0741. The largest absolute Gasteiger partial charge is 0.497 e. The number of hydrogen-bond acceptors (Lipinski definition) is 7. The van der Waals surface area contributed by atoms with Crippen molar-refractivity contribution < 1.29 is 19.1 Å². The van der Waals surface area contributed by atoms with Crippen molar-refractivity contribution in [3.63, 3.8) is 0 Å². The first-order chi connectivity index (χ1) is 18.4. The Labute approximate surface area is 228 Å². The summed E-state index contributed by atoms with van der Waals surface area (Å²) in [6, 6.07) is 13.6. The molecule has 2 aromatic carbocycles. The number of benzene rings is 2. The molecule has 1 aliphatic rings. The van der Waals surface area contributed by atoms with Gasteiger partial charge in [-0.05, 0) is 49.2 Å². The first-order valence-electron chi connectivity index (χ1n) is 12.6. The van der Waals surface area contributed by atoms with E-state index in [4.69, 9.17) is 9.47 Å². The highest BCUT2D eigenvalue weighted by atomic mass is 32.1. The number of carbonyl (C=O) groups is 2. The van der Waals surface area contributed by atoms with E-state index in [0.717, 1.165) is 41.3 Å². The summed E-state index contributed by atoms with van der Waals surface area (Å²) >= 11 is 1.39. The summed E-state index contributed by atoms with van der Waals surface area (Å²) in [7, 11) is 3.26. The smallest absolute Gasteiger partial charge is 0.322 e. The third-order valence-corrected chi connectivity index (χ3v) is 7.50. The molecule has 1 N–H and O–H groups in total. The molecule has 0 saturated carbocycles. The summed E-state index contributed by atoms with van der Waals surface area (Å²) in [6.45, 7) is 7.78. The number of urea groups is 1. The summed E-state index contributed by atoms with van der Waals surface area (Å²) in [5.74, 6) is 0.746. The maximum absolute atomic E-state index is 13.2. The third kappa shape index (κ3) is 6.62. The second kappa shape index (κ2) is 12.7. The Hall–Kier alpha value is -3.63. The van der Waals surface area contributed by atoms with E-state index in [1.807, 2.05) is 61.2 Å². The number of aromatic nitrogens is 1. The zero-order valence-electron chi connectivity index (χ0n) is 22.4. The molecule has 0 atom stereocenters. The number of ether oxygens (including phenoxy) is 2. The van der Waals surface area contributed by atoms with E-state index in [1.54, 1.807) is 24.5 Å². The molecular weight excluding hydrogens is 502 g/mol. The Morgan fingerprint density at radius 3 is 2.34 bits per heavy atom. The third-order valence-electron chi connectivity index (χ3n) is 6.67. The average molecular weight is 538 g/mol. The fourth-order valence-corrected chi connectivity index (χ4v) is 5.20. The van der Waals surface area contributed by atoms with Gasteiger partial charge in [-0.25, -0.2) is 9.78 Å². The van der Waals surface area contributed by atoms with Crippen LogP contribution in [0.1, 0.15) is 26.6 Å². The predicted molar refractivity (Wildman–Crippen MR) is 150 cm³/mol. The first-order valence-corrected chi connectivity index (χ1v) is 13.5. The molecule has 3 amide bonds. The molecule has 38 heavy (non-hydrogen) atoms. The number of amides is 3. The quantitative estimate of drug-likeness (QED) is 0.435. The number of anilines is 2. The van der Waals surface area contributed by atoms with Crippen molar-refractivity contribution in [2.45, 2.75) is 20.4 Å². The van der Waals surface area contributed by atoms with Crippen LogP contribution < -0.4 is 15.0 Å². The van der Waals surface area contributed by atoms with Gasteiger partial charge in [-0.1, -0.05) is 18.2 Å². The fraction of sp³-hybridized carbons (Fsp3) is 0.393. The van der Waals surface area contributed by atoms with Crippen molar-refractivity contribution in [1.82, 2.24) is 14.8 Å². The molecule has 1 fully saturated rings. The Morgan fingerprint density at radius 1 is 1.03 bits per heavy atom. The van der Waals surface area contributed by atoms with Crippen LogP contribution in [-0.2, 0) is 11.3 Å². The summed E-state index contributed by atoms with van der Waals surface area (Å²) < 4.78 is 10.5. The molecule has 1 saturated heterocycles. The molecule has 0 bridgehead atoms. The molecule has 1 aromatic heterocycles. The lowest BCUT2D eigenvalue weighted by atomic mass is 10.1. The molecule has 0 spiro atoms. The predicted octanol–water partition coefficient (Wildman–Crippen LogP) is 4.41. The molecule has 4 rings (SSSR count). The van der Waals surface area contributed by atoms with Crippen molar-refractivity contribution in [2.24, 2.45) is 0 Å². The molecule has 2 heterocycles. The van der Waals surface area contributed by atoms with Gasteiger partial charge in [0.1, 0.15) is 16.5 Å². The lowest BCUT2D eigenvalue weighted by Crippen LogP contribution is -2.48. The van der Waals surface area contributed by atoms with Crippen LogP contribution in [0.25, 0.3) is 0 Å². The van der Waals surface area contributed by atoms with Crippen LogP contribution in [0.4, 0.5) is 16.2 Å². The maximum atomic E-state index is 13.2. The van der Waals surface area contributed by atoms with Crippen molar-refractivity contribution in [2.75, 3.05) is 63.8 Å². The Balaban J connectivity index is 1.36. The molecule has 10 heteroatoms. The van der Waals surface area contributed by atoms with Crippen LogP contribution in [0, 0.1) is 13.8 Å². The Bertz CT molecular complexity index is 1220. The topological polar surface area (TPSA) is 87.2 Å². The number of para-hydroxylation sites is 1. The van der Waals surface area contributed by atoms with E-state index >= 15 is 0 Å². The van der Waals surface area contributed by atoms with Gasteiger partial charge in [0, 0.05) is 56.6 Å². The molecule has 0 radical (unpaired) electrons. The van der Waals surface area contributed by atoms with E-state index in [2.05, 4.69) is 15.2 Å². The minimum Gasteiger partial charge on any atom is -0.497 e. The van der Waals surface area contributed by atoms with Crippen molar-refractivity contribution >= 4 is 34.6 Å². The Kier molecular flexibility index (Phi) is 9.19. The number of aryl methyl sites for hydroxylation is 2. The number of carbonyl (C=O) groups excluding carboxylic acids is 2. The van der Waals surface area contributed by atoms with E-state index in [0.29, 0.717) is 43.5 Å². The SMILES string of the molecule is COCCN(Cc1nc(C(=O)N2CCN(c3ccc(OC)cc3)CC2)cs1)C(=O)Nc1c(C)cccc1C. The molecule has 202 valence electrons. The van der Waals surface area contributed by atoms with Gasteiger partial charge in [0.05, 0.1) is 20.3 Å². The van der Waals surface area contributed by atoms with E-state index in [1.165, 1.54) is 11.3 Å². The van der Waals surface area contributed by atoms with E-state index in [-0.39, 0.29) is 11.9 Å². The van der Waals surface area contributed by atoms with E-state index < -0.39 is 0 Å². The number of nitrogens with one attached hydrogen (secondary N) is 1. The molecular formula is C28H35N5O4S. The standard InChI is InChI=1S/C28H35N5O4S/c1-20-6-5-7-21(2)26(20)30-28(35)33(16-17-36-3)18-25-29-24(19-38-25)27(34)32-14-12-31(13-15-32)22-8-10-23(37-4)11-9-22/h5-11,19H,12-18H2,1-4H3,(H,30,35). The second-order valence-corrected chi connectivity index (χ2v) is 10.2. The maximum Gasteiger partial charge on any atom is 0.322 e. The average Bonchev–Trinajstić information content (AvgIpc) is 3.41. The summed E-state index contributed by atoms with van der Waals surface area (Å²) in [4.78, 5) is 36.7. The van der Waals surface area contributed by atoms with Gasteiger partial charge in [-0.15, -0.1) is 11.3 Å². The molecule has 9 nitrogen and oxygen atoms in total. The molecule has 0 unspecified atom stereocenters. The highest BCUT2D eigenvalue weighted by Gasteiger charge is 2.25. The van der Waals surface area contributed by atoms with Gasteiger partial charge < -0.3 is 29.5 Å². The number of hydrogen-bond donors (Lipinski definition) is 1. The van der Waals surface area contributed by atoms with Gasteiger partial charge >= 0.3 is 6.03 Å². The summed E-state index contributed by atoms with van der Waals surface area (Å²) in [5.41, 5.74) is 4.34. The van der Waals surface area contributed by atoms with Crippen LogP contribution in [0.2, 0.25) is 0 Å². The molecule has 0 aliphatic carbocycles. The van der Waals surface area contributed by atoms with Gasteiger partial charge in [-0.2, -0.15) is 0 Å². The van der Waals surface area contributed by atoms with E-state index in [9.17, 15) is 9.59 Å². The summed E-state index contributed by atoms with van der Waals surface area (Å²) in [6.07, 6.45) is 0. The van der Waals surface area contributed by atoms with Crippen LogP contribution in [-0.4, -0.2) is 80.3 Å². The van der Waals surface area contributed by atoms with Crippen LogP contribution in [0.15, 0.2) is 47.8 Å². The highest BCUT2D eigenvalue weighted by molar-refractivity contribution is 7.09. The van der Waals surface area contributed by atoms with Gasteiger partial charge in [0.15, 0.2) is 0 Å². The zero-order valence-corrected chi connectivity index (χ0v) is 23.2. The Morgan fingerprint density at radius 2 is 1.71 bits per heavy atom. The lowest BCUT2D eigenvalue weighted by Gasteiger charge is -2.35. The number of piperazine rings is 1. The number of thiazole rings is 1. The van der Waals surface area contributed by atoms with Crippen LogP contribution in [0.3, 0.4) is 0 Å². The number of rotatable bonds is 9. The number of nitrogens with zero attached hydrogens (tertiary/aromatic N) is 4. The second-order valence-electron chi connectivity index (χ2n) is 9.22. The van der Waals surface area contributed by atoms with Crippen molar-refractivity contribution in [3.8, 4) is 5.75 Å². The van der Waals surface area contributed by atoms with Crippen molar-refractivity contribution in [1.29, 1.82) is 0 Å². The van der Waals surface area contributed by atoms with Crippen molar-refractivity contribution in [3.05, 3.63) is 69.7 Å². The summed E-state index contributed by atoms with van der Waals surface area (Å²) in [5, 5.41) is 5.52. The van der Waals surface area contributed by atoms with Gasteiger partial charge in [0.25, 0.3) is 5.91 Å². The fourth-order valence-electron chi connectivity index (χ4n) is 4.42. The highest BCUT2D eigenvalue weighted by Crippen LogP contribution is 2.23. The minimum absolute atomic E-state index is 0.0784. The normalized spacial score (nSPS) is 13.4. The molecule has 3 aromatic rings. The first kappa shape index (κ1) is 27.4. The molecule has 1 aliphatic heterocycles. The zero-order chi connectivity index (χ0) is 27.1. The van der Waals surface area contributed by atoms with Crippen LogP contribution in [0.5, 0.6) is 5.75 Å².